The van der Waals surface area contributed by atoms with Crippen molar-refractivity contribution in [3.63, 3.8) is 0 Å². The number of aromatic nitrogens is 2. The lowest BCUT2D eigenvalue weighted by Gasteiger charge is -2.20. The molecule has 1 aromatic heterocycles. The van der Waals surface area contributed by atoms with Crippen LogP contribution in [0, 0.1) is 5.92 Å². The average Bonchev–Trinajstić information content (AvgIpc) is 3.02. The monoisotopic (exact) mass is 336 g/mol. The molecule has 0 saturated heterocycles. The van der Waals surface area contributed by atoms with Gasteiger partial charge in [0.25, 0.3) is 5.91 Å². The van der Waals surface area contributed by atoms with Crippen molar-refractivity contribution in [2.24, 2.45) is 11.7 Å². The van der Waals surface area contributed by atoms with Gasteiger partial charge in [0.1, 0.15) is 5.82 Å². The van der Waals surface area contributed by atoms with E-state index in [-0.39, 0.29) is 17.9 Å². The Morgan fingerprint density at radius 3 is 2.28 bits per heavy atom. The van der Waals surface area contributed by atoms with E-state index in [0.717, 1.165) is 16.9 Å². The fraction of sp³-hybridized carbons (Fsp3) is 0.211. The van der Waals surface area contributed by atoms with Gasteiger partial charge in [-0.25, -0.2) is 4.98 Å². The van der Waals surface area contributed by atoms with E-state index in [1.807, 2.05) is 38.1 Å². The number of fused-ring (bicyclic) bond motifs is 1. The number of hydrogen-bond donors (Lipinski definition) is 3. The van der Waals surface area contributed by atoms with Gasteiger partial charge >= 0.3 is 0 Å². The van der Waals surface area contributed by atoms with Crippen LogP contribution in [0.1, 0.15) is 46.4 Å². The number of imidazole rings is 1. The Labute approximate surface area is 145 Å². The van der Waals surface area contributed by atoms with E-state index in [1.165, 1.54) is 0 Å². The highest BCUT2D eigenvalue weighted by Crippen LogP contribution is 2.22. The molecule has 6 heteroatoms. The summed E-state index contributed by atoms with van der Waals surface area (Å²) in [7, 11) is 0. The van der Waals surface area contributed by atoms with Crippen LogP contribution in [-0.4, -0.2) is 21.8 Å². The number of nitrogens with two attached hydrogens (primary N) is 1. The van der Waals surface area contributed by atoms with Crippen molar-refractivity contribution in [1.29, 1.82) is 0 Å². The molecule has 0 bridgehead atoms. The fourth-order valence-electron chi connectivity index (χ4n) is 2.68. The van der Waals surface area contributed by atoms with Gasteiger partial charge in [0.2, 0.25) is 5.91 Å². The highest BCUT2D eigenvalue weighted by Gasteiger charge is 2.22. The van der Waals surface area contributed by atoms with Crippen molar-refractivity contribution in [2.75, 3.05) is 0 Å². The lowest BCUT2D eigenvalue weighted by molar-refractivity contribution is 0.0921. The van der Waals surface area contributed by atoms with E-state index in [0.29, 0.717) is 11.1 Å². The van der Waals surface area contributed by atoms with E-state index < -0.39 is 5.91 Å². The van der Waals surface area contributed by atoms with Gasteiger partial charge in [-0.15, -0.1) is 0 Å². The second-order valence-electron chi connectivity index (χ2n) is 6.28. The average molecular weight is 336 g/mol. The van der Waals surface area contributed by atoms with Gasteiger partial charge in [0, 0.05) is 11.1 Å². The number of carbonyl (C=O) groups excluding carboxylic acids is 2. The first kappa shape index (κ1) is 16.7. The number of primary amides is 1. The number of nitrogens with zero attached hydrogens (tertiary/aromatic N) is 1. The Hall–Kier alpha value is -3.15. The molecule has 6 nitrogen and oxygen atoms in total. The minimum atomic E-state index is -0.519. The van der Waals surface area contributed by atoms with Crippen LogP contribution in [0.2, 0.25) is 0 Å². The van der Waals surface area contributed by atoms with Gasteiger partial charge in [-0.3, -0.25) is 9.59 Å². The third-order valence-electron chi connectivity index (χ3n) is 4.09. The van der Waals surface area contributed by atoms with E-state index in [9.17, 15) is 9.59 Å². The van der Waals surface area contributed by atoms with Crippen molar-refractivity contribution >= 4 is 22.8 Å². The maximum Gasteiger partial charge on any atom is 0.251 e. The summed E-state index contributed by atoms with van der Waals surface area (Å²) in [5.74, 6) is 0.122. The van der Waals surface area contributed by atoms with E-state index >= 15 is 0 Å². The van der Waals surface area contributed by atoms with Gasteiger partial charge < -0.3 is 16.0 Å². The third-order valence-corrected chi connectivity index (χ3v) is 4.09. The van der Waals surface area contributed by atoms with Crippen LogP contribution >= 0.6 is 0 Å². The number of para-hydroxylation sites is 2. The second kappa shape index (κ2) is 6.76. The maximum atomic E-state index is 12.6. The van der Waals surface area contributed by atoms with Crippen LogP contribution in [0.25, 0.3) is 11.0 Å². The SMILES string of the molecule is CC(C)C(NC(=O)c1ccc(C(N)=O)cc1)c1nc2ccccc2[nH]1. The third kappa shape index (κ3) is 3.52. The summed E-state index contributed by atoms with van der Waals surface area (Å²) in [6.45, 7) is 4.04. The Balaban J connectivity index is 1.83. The van der Waals surface area contributed by atoms with Crippen molar-refractivity contribution in [3.8, 4) is 0 Å². The van der Waals surface area contributed by atoms with Gasteiger partial charge in [-0.05, 0) is 42.3 Å². The second-order valence-corrected chi connectivity index (χ2v) is 6.28. The fourth-order valence-corrected chi connectivity index (χ4v) is 2.68. The standard InChI is InChI=1S/C19H20N4O2/c1-11(2)16(18-21-14-5-3-4-6-15(14)22-18)23-19(25)13-9-7-12(8-10-13)17(20)24/h3-11,16H,1-2H3,(H2,20,24)(H,21,22)(H,23,25). The van der Waals surface area contributed by atoms with Crippen LogP contribution in [-0.2, 0) is 0 Å². The van der Waals surface area contributed by atoms with Gasteiger partial charge in [0.05, 0.1) is 17.1 Å². The minimum Gasteiger partial charge on any atom is -0.366 e. The molecule has 0 aliphatic carbocycles. The first-order chi connectivity index (χ1) is 12.0. The predicted octanol–water partition coefficient (Wildman–Crippen LogP) is 2.79. The Morgan fingerprint density at radius 2 is 1.68 bits per heavy atom. The molecule has 3 rings (SSSR count). The molecule has 0 fully saturated rings. The van der Waals surface area contributed by atoms with E-state index in [1.54, 1.807) is 24.3 Å². The van der Waals surface area contributed by atoms with Crippen molar-refractivity contribution in [3.05, 3.63) is 65.5 Å². The summed E-state index contributed by atoms with van der Waals surface area (Å²) in [5.41, 5.74) is 7.85. The zero-order valence-corrected chi connectivity index (χ0v) is 14.1. The summed E-state index contributed by atoms with van der Waals surface area (Å²) < 4.78 is 0. The molecule has 1 heterocycles. The lowest BCUT2D eigenvalue weighted by Crippen LogP contribution is -2.32. The molecule has 1 unspecified atom stereocenters. The molecule has 25 heavy (non-hydrogen) atoms. The van der Waals surface area contributed by atoms with Crippen molar-refractivity contribution in [1.82, 2.24) is 15.3 Å². The molecule has 3 aromatic rings. The molecule has 1 atom stereocenters. The zero-order chi connectivity index (χ0) is 18.0. The summed E-state index contributed by atoms with van der Waals surface area (Å²) >= 11 is 0. The Kier molecular flexibility index (Phi) is 4.52. The topological polar surface area (TPSA) is 101 Å². The molecule has 2 aromatic carbocycles. The van der Waals surface area contributed by atoms with E-state index in [4.69, 9.17) is 5.73 Å². The number of aromatic amines is 1. The van der Waals surface area contributed by atoms with Crippen LogP contribution in [0.3, 0.4) is 0 Å². The molecule has 0 aliphatic heterocycles. The van der Waals surface area contributed by atoms with Crippen LogP contribution in [0.4, 0.5) is 0 Å². The molecular formula is C19H20N4O2. The predicted molar refractivity (Wildman–Crippen MR) is 96.1 cm³/mol. The minimum absolute atomic E-state index is 0.148. The molecule has 2 amide bonds. The quantitative estimate of drug-likeness (QED) is 0.668. The summed E-state index contributed by atoms with van der Waals surface area (Å²) in [5, 5.41) is 3.01. The smallest absolute Gasteiger partial charge is 0.251 e. The number of rotatable bonds is 5. The maximum absolute atomic E-state index is 12.6. The van der Waals surface area contributed by atoms with Crippen LogP contribution in [0.5, 0.6) is 0 Å². The van der Waals surface area contributed by atoms with E-state index in [2.05, 4.69) is 15.3 Å². The summed E-state index contributed by atoms with van der Waals surface area (Å²) in [6.07, 6.45) is 0. The Bertz CT molecular complexity index is 880. The normalized spacial score (nSPS) is 12.3. The Morgan fingerprint density at radius 1 is 1.04 bits per heavy atom. The first-order valence-corrected chi connectivity index (χ1v) is 8.11. The molecule has 4 N–H and O–H groups in total. The number of carbonyl (C=O) groups is 2. The van der Waals surface area contributed by atoms with Gasteiger partial charge in [0.15, 0.2) is 0 Å². The first-order valence-electron chi connectivity index (χ1n) is 8.11. The van der Waals surface area contributed by atoms with Gasteiger partial charge in [-0.1, -0.05) is 26.0 Å². The lowest BCUT2D eigenvalue weighted by atomic mass is 10.0. The van der Waals surface area contributed by atoms with Crippen molar-refractivity contribution < 1.29 is 9.59 Å². The molecule has 0 saturated carbocycles. The number of amides is 2. The molecule has 128 valence electrons. The number of hydrogen-bond acceptors (Lipinski definition) is 3. The van der Waals surface area contributed by atoms with Gasteiger partial charge in [-0.2, -0.15) is 0 Å². The number of nitrogens with one attached hydrogen (secondary N) is 2. The van der Waals surface area contributed by atoms with Crippen LogP contribution < -0.4 is 11.1 Å². The van der Waals surface area contributed by atoms with Crippen molar-refractivity contribution in [2.45, 2.75) is 19.9 Å². The zero-order valence-electron chi connectivity index (χ0n) is 14.1. The largest absolute Gasteiger partial charge is 0.366 e. The summed E-state index contributed by atoms with van der Waals surface area (Å²) in [4.78, 5) is 31.5. The highest BCUT2D eigenvalue weighted by atomic mass is 16.2. The molecular weight excluding hydrogens is 316 g/mol. The number of benzene rings is 2. The summed E-state index contributed by atoms with van der Waals surface area (Å²) in [6, 6.07) is 13.8. The number of H-pyrrole nitrogens is 1. The highest BCUT2D eigenvalue weighted by molar-refractivity contribution is 5.97. The molecule has 0 radical (unpaired) electrons. The van der Waals surface area contributed by atoms with Crippen LogP contribution in [0.15, 0.2) is 48.5 Å². The molecule has 0 aliphatic rings. The molecule has 0 spiro atoms.